The van der Waals surface area contributed by atoms with E-state index in [-0.39, 0.29) is 17.1 Å². The van der Waals surface area contributed by atoms with E-state index in [4.69, 9.17) is 16.3 Å². The summed E-state index contributed by atoms with van der Waals surface area (Å²) in [6.07, 6.45) is 3.12. The van der Waals surface area contributed by atoms with E-state index < -0.39 is 6.10 Å². The van der Waals surface area contributed by atoms with Crippen molar-refractivity contribution in [1.82, 2.24) is 14.5 Å². The number of pyridine rings is 1. The molecule has 0 spiro atoms. The van der Waals surface area contributed by atoms with Crippen molar-refractivity contribution >= 4 is 68.3 Å². The summed E-state index contributed by atoms with van der Waals surface area (Å²) in [4.78, 5) is 35.5. The fraction of sp³-hybridized carbons (Fsp3) is 0.391. The minimum atomic E-state index is -0.702. The first kappa shape index (κ1) is 23.7. The number of rotatable bonds is 6. The van der Waals surface area contributed by atoms with Crippen LogP contribution in [-0.4, -0.2) is 43.4 Å². The van der Waals surface area contributed by atoms with Crippen molar-refractivity contribution in [3.05, 3.63) is 45.8 Å². The van der Waals surface area contributed by atoms with Gasteiger partial charge < -0.3 is 19.5 Å². The Kier molecular flexibility index (Phi) is 7.08. The van der Waals surface area contributed by atoms with Gasteiger partial charge in [0.15, 0.2) is 23.5 Å². The molecular weight excluding hydrogens is 557 g/mol. The summed E-state index contributed by atoms with van der Waals surface area (Å²) in [6, 6.07) is 7.25. The van der Waals surface area contributed by atoms with Gasteiger partial charge in [-0.15, -0.1) is 0 Å². The Labute approximate surface area is 210 Å². The molecule has 1 N–H and O–H groups in total. The number of halogens is 2. The van der Waals surface area contributed by atoms with E-state index in [1.54, 1.807) is 26.2 Å². The molecule has 0 radical (unpaired) electrons. The number of aromatic nitrogens is 3. The Hall–Kier alpha value is -2.40. The number of anilines is 3. The maximum atomic E-state index is 12.6. The van der Waals surface area contributed by atoms with E-state index >= 15 is 0 Å². The number of piperidine rings is 1. The number of carbonyl (C=O) groups excluding carboxylic acids is 1. The van der Waals surface area contributed by atoms with E-state index in [2.05, 4.69) is 42.8 Å². The first-order valence-electron chi connectivity index (χ1n) is 10.7. The van der Waals surface area contributed by atoms with Gasteiger partial charge in [-0.2, -0.15) is 4.98 Å². The van der Waals surface area contributed by atoms with Gasteiger partial charge >= 0.3 is 0 Å². The number of hydrogen-bond donors (Lipinski definition) is 1. The van der Waals surface area contributed by atoms with E-state index in [0.717, 1.165) is 42.5 Å². The van der Waals surface area contributed by atoms with Crippen LogP contribution in [0.2, 0.25) is 5.02 Å². The summed E-state index contributed by atoms with van der Waals surface area (Å²) in [7, 11) is 1.68. The van der Waals surface area contributed by atoms with Crippen molar-refractivity contribution in [2.45, 2.75) is 36.7 Å². The molecule has 0 bridgehead atoms. The number of fused-ring (bicyclic) bond motifs is 1. The number of ketones is 1. The molecule has 0 aliphatic carbocycles. The van der Waals surface area contributed by atoms with Gasteiger partial charge in [-0.3, -0.25) is 9.59 Å². The lowest BCUT2D eigenvalue weighted by Crippen LogP contribution is -2.35. The van der Waals surface area contributed by atoms with Crippen LogP contribution in [0, 0.1) is 0 Å². The van der Waals surface area contributed by atoms with Gasteiger partial charge in [-0.1, -0.05) is 34.2 Å². The van der Waals surface area contributed by atoms with Crippen LogP contribution in [0.1, 0.15) is 26.7 Å². The van der Waals surface area contributed by atoms with Crippen LogP contribution in [0.4, 0.5) is 17.5 Å². The molecule has 1 saturated heterocycles. The van der Waals surface area contributed by atoms with Crippen LogP contribution in [0.3, 0.4) is 0 Å². The third kappa shape index (κ3) is 5.24. The minimum Gasteiger partial charge on any atom is -0.477 e. The lowest BCUT2D eigenvalue weighted by molar-refractivity contribution is -0.122. The predicted octanol–water partition coefficient (Wildman–Crippen LogP) is 4.49. The van der Waals surface area contributed by atoms with E-state index in [1.165, 1.54) is 11.5 Å². The highest BCUT2D eigenvalue weighted by Gasteiger charge is 2.20. The van der Waals surface area contributed by atoms with Gasteiger partial charge in [0.1, 0.15) is 5.02 Å². The fourth-order valence-electron chi connectivity index (χ4n) is 3.67. The van der Waals surface area contributed by atoms with Gasteiger partial charge in [-0.05, 0) is 51.0 Å². The van der Waals surface area contributed by atoms with E-state index in [1.807, 2.05) is 18.2 Å². The molecule has 33 heavy (non-hydrogen) atoms. The Bertz CT molecular complexity index is 1260. The highest BCUT2D eigenvalue weighted by Crippen LogP contribution is 2.29. The molecule has 3 heterocycles. The van der Waals surface area contributed by atoms with Crippen LogP contribution >= 0.6 is 34.2 Å². The van der Waals surface area contributed by atoms with Crippen molar-refractivity contribution in [2.75, 3.05) is 23.3 Å². The zero-order valence-electron chi connectivity index (χ0n) is 18.6. The highest BCUT2D eigenvalue weighted by atomic mass is 127. The lowest BCUT2D eigenvalue weighted by atomic mass is 10.1. The number of aryl methyl sites for hydroxylation is 1. The van der Waals surface area contributed by atoms with Crippen molar-refractivity contribution in [1.29, 1.82) is 0 Å². The highest BCUT2D eigenvalue weighted by molar-refractivity contribution is 14.1. The SMILES string of the molecule is CC(=O)C(C)Oc1cc2cc(Nc3nc(N4CCC(I)CC4)ncc3Cl)ccc2n(C)c1=O. The molecule has 0 saturated carbocycles. The van der Waals surface area contributed by atoms with Crippen LogP contribution in [0.15, 0.2) is 35.3 Å². The molecule has 2 aromatic heterocycles. The third-order valence-corrected chi connectivity index (χ3v) is 7.29. The quantitative estimate of drug-likeness (QED) is 0.339. The Morgan fingerprint density at radius 3 is 2.73 bits per heavy atom. The minimum absolute atomic E-state index is 0.130. The summed E-state index contributed by atoms with van der Waals surface area (Å²) in [5.74, 6) is 1.15. The van der Waals surface area contributed by atoms with Crippen molar-refractivity contribution < 1.29 is 9.53 Å². The zero-order chi connectivity index (χ0) is 23.7. The number of Topliss-reactive ketones (excluding diaryl/α,β-unsaturated/α-hetero) is 1. The fourth-order valence-corrected chi connectivity index (χ4v) is 4.37. The zero-order valence-corrected chi connectivity index (χ0v) is 21.6. The second kappa shape index (κ2) is 9.84. The number of alkyl halides is 1. The second-order valence-electron chi connectivity index (χ2n) is 8.17. The summed E-state index contributed by atoms with van der Waals surface area (Å²) in [6.45, 7) is 4.89. The maximum absolute atomic E-state index is 12.6. The average Bonchev–Trinajstić information content (AvgIpc) is 2.79. The number of nitrogens with one attached hydrogen (secondary N) is 1. The van der Waals surface area contributed by atoms with Gasteiger partial charge in [0.2, 0.25) is 5.95 Å². The maximum Gasteiger partial charge on any atom is 0.293 e. The number of ether oxygens (including phenoxy) is 1. The largest absolute Gasteiger partial charge is 0.477 e. The van der Waals surface area contributed by atoms with Crippen molar-refractivity contribution in [2.24, 2.45) is 7.05 Å². The summed E-state index contributed by atoms with van der Waals surface area (Å²) < 4.78 is 7.80. The topological polar surface area (TPSA) is 89.3 Å². The molecule has 1 aliphatic heterocycles. The Morgan fingerprint density at radius 1 is 1.30 bits per heavy atom. The molecular formula is C23H25ClIN5O3. The average molecular weight is 582 g/mol. The van der Waals surface area contributed by atoms with Gasteiger partial charge in [0.25, 0.3) is 5.56 Å². The number of hydrogen-bond acceptors (Lipinski definition) is 7. The van der Waals surface area contributed by atoms with E-state index in [0.29, 0.717) is 20.7 Å². The molecule has 1 fully saturated rings. The van der Waals surface area contributed by atoms with Crippen LogP contribution in [-0.2, 0) is 11.8 Å². The normalized spacial score (nSPS) is 15.5. The molecule has 10 heteroatoms. The molecule has 1 aromatic carbocycles. The smallest absolute Gasteiger partial charge is 0.293 e. The molecule has 8 nitrogen and oxygen atoms in total. The molecule has 3 aromatic rings. The summed E-state index contributed by atoms with van der Waals surface area (Å²) in [5, 5.41) is 4.47. The monoisotopic (exact) mass is 581 g/mol. The lowest BCUT2D eigenvalue weighted by Gasteiger charge is -2.29. The Balaban J connectivity index is 1.64. The molecule has 174 valence electrons. The standard InChI is InChI=1S/C23H25ClIN5O3/c1-13(31)14(2)33-20-11-15-10-17(4-5-19(15)29(3)22(20)32)27-21-18(24)12-26-23(28-21)30-8-6-16(25)7-9-30/h4-5,10-12,14,16H,6-9H2,1-3H3,(H,26,27,28). The van der Waals surface area contributed by atoms with Crippen LogP contribution in [0.25, 0.3) is 10.9 Å². The number of benzene rings is 1. The van der Waals surface area contributed by atoms with Gasteiger partial charge in [-0.25, -0.2) is 4.98 Å². The van der Waals surface area contributed by atoms with Crippen molar-refractivity contribution in [3.8, 4) is 5.75 Å². The van der Waals surface area contributed by atoms with Gasteiger partial charge in [0.05, 0.1) is 11.7 Å². The Morgan fingerprint density at radius 2 is 2.03 bits per heavy atom. The molecule has 4 rings (SSSR count). The first-order valence-corrected chi connectivity index (χ1v) is 12.3. The van der Waals surface area contributed by atoms with Crippen molar-refractivity contribution in [3.63, 3.8) is 0 Å². The van der Waals surface area contributed by atoms with Crippen LogP contribution in [0.5, 0.6) is 5.75 Å². The molecule has 1 unspecified atom stereocenters. The van der Waals surface area contributed by atoms with Crippen LogP contribution < -0.4 is 20.5 Å². The molecule has 1 aliphatic rings. The summed E-state index contributed by atoms with van der Waals surface area (Å²) in [5.41, 5.74) is 1.20. The number of carbonyl (C=O) groups is 1. The molecule has 0 amide bonds. The first-order chi connectivity index (χ1) is 15.7. The third-order valence-electron chi connectivity index (χ3n) is 5.77. The predicted molar refractivity (Wildman–Crippen MR) is 140 cm³/mol. The van der Waals surface area contributed by atoms with Gasteiger partial charge in [0, 0.05) is 35.1 Å². The number of nitrogens with zero attached hydrogens (tertiary/aromatic N) is 4. The van der Waals surface area contributed by atoms with E-state index in [9.17, 15) is 9.59 Å². The molecule has 1 atom stereocenters. The summed E-state index contributed by atoms with van der Waals surface area (Å²) >= 11 is 8.87. The second-order valence-corrected chi connectivity index (χ2v) is 10.3.